The van der Waals surface area contributed by atoms with Gasteiger partial charge in [0.15, 0.2) is 0 Å². The number of fused-ring (bicyclic) bond motifs is 1. The maximum atomic E-state index is 13.9. The van der Waals surface area contributed by atoms with E-state index in [1.807, 2.05) is 0 Å². The molecule has 4 nitrogen and oxygen atoms in total. The van der Waals surface area contributed by atoms with E-state index in [-0.39, 0.29) is 27.5 Å². The van der Waals surface area contributed by atoms with Crippen molar-refractivity contribution in [3.05, 3.63) is 38.6 Å². The fraction of sp³-hybridized carbons (Fsp3) is 0.231. The summed E-state index contributed by atoms with van der Waals surface area (Å²) in [4.78, 5) is 23.2. The smallest absolute Gasteiger partial charge is 0.254 e. The van der Waals surface area contributed by atoms with Gasteiger partial charge in [0.1, 0.15) is 10.3 Å². The Morgan fingerprint density at radius 3 is 2.67 bits per heavy atom. The molecule has 112 valence electrons. The third-order valence-corrected chi connectivity index (χ3v) is 3.91. The Morgan fingerprint density at radius 1 is 1.29 bits per heavy atom. The van der Waals surface area contributed by atoms with Gasteiger partial charge in [0, 0.05) is 12.1 Å². The van der Waals surface area contributed by atoms with E-state index in [0.29, 0.717) is 24.1 Å². The fourth-order valence-corrected chi connectivity index (χ4v) is 2.10. The molecule has 1 aromatic carbocycles. The molecule has 0 fully saturated rings. The molecule has 0 radical (unpaired) electrons. The topological polar surface area (TPSA) is 58.2 Å². The van der Waals surface area contributed by atoms with E-state index in [9.17, 15) is 14.0 Å². The molecule has 0 spiro atoms. The highest BCUT2D eigenvalue weighted by Crippen LogP contribution is 2.26. The van der Waals surface area contributed by atoms with Gasteiger partial charge in [-0.2, -0.15) is 0 Å². The molecule has 1 aromatic rings. The molecule has 0 bridgehead atoms. The second-order valence-electron chi connectivity index (χ2n) is 4.39. The van der Waals surface area contributed by atoms with Crippen LogP contribution in [0.3, 0.4) is 0 Å². The summed E-state index contributed by atoms with van der Waals surface area (Å²) in [5, 5.41) is 5.02. The SMILES string of the molecule is O=C1CCc2cc(C(=O)NCC(Cl)=C(Cl)Cl)c(F)cc2N1. The number of aryl methyl sites for hydroxylation is 1. The Kier molecular flexibility index (Phi) is 5.08. The molecule has 21 heavy (non-hydrogen) atoms. The van der Waals surface area contributed by atoms with E-state index in [0.717, 1.165) is 6.07 Å². The fourth-order valence-electron chi connectivity index (χ4n) is 1.90. The zero-order valence-corrected chi connectivity index (χ0v) is 12.9. The summed E-state index contributed by atoms with van der Waals surface area (Å²) in [6.45, 7) is -0.101. The summed E-state index contributed by atoms with van der Waals surface area (Å²) in [7, 11) is 0. The van der Waals surface area contributed by atoms with Gasteiger partial charge in [0.05, 0.1) is 17.1 Å². The lowest BCUT2D eigenvalue weighted by Gasteiger charge is -2.18. The highest BCUT2D eigenvalue weighted by molar-refractivity contribution is 6.59. The third kappa shape index (κ3) is 3.87. The number of carbonyl (C=O) groups excluding carboxylic acids is 2. The Bertz CT molecular complexity index is 643. The molecule has 0 aromatic heterocycles. The maximum Gasteiger partial charge on any atom is 0.254 e. The van der Waals surface area contributed by atoms with Crippen LogP contribution in [0.4, 0.5) is 10.1 Å². The van der Waals surface area contributed by atoms with Crippen LogP contribution in [0, 0.1) is 5.82 Å². The van der Waals surface area contributed by atoms with Gasteiger partial charge in [-0.3, -0.25) is 9.59 Å². The lowest BCUT2D eigenvalue weighted by molar-refractivity contribution is -0.116. The molecule has 1 aliphatic heterocycles. The molecule has 1 aliphatic rings. The lowest BCUT2D eigenvalue weighted by Crippen LogP contribution is -2.27. The number of halogens is 4. The zero-order chi connectivity index (χ0) is 15.6. The number of hydrogen-bond acceptors (Lipinski definition) is 2. The van der Waals surface area contributed by atoms with E-state index in [1.54, 1.807) is 0 Å². The molecule has 0 aliphatic carbocycles. The van der Waals surface area contributed by atoms with E-state index in [4.69, 9.17) is 34.8 Å². The first-order chi connectivity index (χ1) is 9.88. The first-order valence-corrected chi connectivity index (χ1v) is 7.12. The van der Waals surface area contributed by atoms with Crippen molar-refractivity contribution in [1.29, 1.82) is 0 Å². The van der Waals surface area contributed by atoms with Crippen LogP contribution in [0.1, 0.15) is 22.3 Å². The molecule has 0 atom stereocenters. The summed E-state index contributed by atoms with van der Waals surface area (Å²) < 4.78 is 13.8. The molecule has 0 saturated heterocycles. The molecular formula is C13H10Cl3FN2O2. The summed E-state index contributed by atoms with van der Waals surface area (Å²) in [5.41, 5.74) is 0.972. The highest BCUT2D eigenvalue weighted by atomic mass is 35.5. The number of benzene rings is 1. The number of rotatable bonds is 3. The number of amides is 2. The first kappa shape index (κ1) is 16.1. The van der Waals surface area contributed by atoms with E-state index >= 15 is 0 Å². The predicted molar refractivity (Wildman–Crippen MR) is 80.3 cm³/mol. The van der Waals surface area contributed by atoms with Crippen molar-refractivity contribution < 1.29 is 14.0 Å². The zero-order valence-electron chi connectivity index (χ0n) is 10.6. The minimum absolute atomic E-state index is 0.0531. The van der Waals surface area contributed by atoms with Gasteiger partial charge in [-0.15, -0.1) is 0 Å². The molecular weight excluding hydrogens is 342 g/mol. The molecule has 2 N–H and O–H groups in total. The highest BCUT2D eigenvalue weighted by Gasteiger charge is 2.20. The number of hydrogen-bond donors (Lipinski definition) is 2. The molecule has 8 heteroatoms. The van der Waals surface area contributed by atoms with E-state index < -0.39 is 11.7 Å². The average Bonchev–Trinajstić information content (AvgIpc) is 2.43. The van der Waals surface area contributed by atoms with Crippen LogP contribution in [0.15, 0.2) is 21.7 Å². The van der Waals surface area contributed by atoms with Gasteiger partial charge in [-0.25, -0.2) is 4.39 Å². The first-order valence-electron chi connectivity index (χ1n) is 5.98. The Hall–Kier alpha value is -1.30. The van der Waals surface area contributed by atoms with Crippen LogP contribution >= 0.6 is 34.8 Å². The number of carbonyl (C=O) groups is 2. The van der Waals surface area contributed by atoms with Gasteiger partial charge in [0.25, 0.3) is 5.91 Å². The third-order valence-electron chi connectivity index (χ3n) is 2.94. The van der Waals surface area contributed by atoms with Crippen LogP contribution in [-0.4, -0.2) is 18.4 Å². The Labute approximate surface area is 135 Å². The van der Waals surface area contributed by atoms with Crippen LogP contribution in [-0.2, 0) is 11.2 Å². The minimum atomic E-state index is -0.731. The van der Waals surface area contributed by atoms with Gasteiger partial charge >= 0.3 is 0 Å². The molecule has 0 unspecified atom stereocenters. The van der Waals surface area contributed by atoms with Gasteiger partial charge in [-0.1, -0.05) is 34.8 Å². The van der Waals surface area contributed by atoms with Crippen LogP contribution in [0.2, 0.25) is 0 Å². The monoisotopic (exact) mass is 350 g/mol. The maximum absolute atomic E-state index is 13.9. The van der Waals surface area contributed by atoms with E-state index in [1.165, 1.54) is 6.07 Å². The standard InChI is InChI=1S/C13H10Cl3FN2O2/c14-8(12(15)16)5-18-13(21)7-3-6-1-2-11(20)19-10(6)4-9(7)17/h3-4H,1-2,5H2,(H,18,21)(H,19,20). The normalized spacial score (nSPS) is 13.2. The Morgan fingerprint density at radius 2 is 2.00 bits per heavy atom. The molecule has 0 saturated carbocycles. The minimum Gasteiger partial charge on any atom is -0.347 e. The molecule has 2 amide bonds. The van der Waals surface area contributed by atoms with Crippen molar-refractivity contribution in [3.63, 3.8) is 0 Å². The quantitative estimate of drug-likeness (QED) is 0.877. The predicted octanol–water partition coefficient (Wildman–Crippen LogP) is 3.33. The molecule has 2 rings (SSSR count). The van der Waals surface area contributed by atoms with Gasteiger partial charge in [-0.05, 0) is 24.1 Å². The van der Waals surface area contributed by atoms with Crippen molar-refractivity contribution in [2.45, 2.75) is 12.8 Å². The summed E-state index contributed by atoms with van der Waals surface area (Å²) in [5.74, 6) is -1.54. The summed E-state index contributed by atoms with van der Waals surface area (Å²) >= 11 is 16.6. The lowest BCUT2D eigenvalue weighted by atomic mass is 9.99. The van der Waals surface area contributed by atoms with E-state index in [2.05, 4.69) is 10.6 Å². The Balaban J connectivity index is 2.19. The number of anilines is 1. The second kappa shape index (κ2) is 6.64. The average molecular weight is 352 g/mol. The van der Waals surface area contributed by atoms with Crippen molar-refractivity contribution in [1.82, 2.24) is 5.32 Å². The number of nitrogens with one attached hydrogen (secondary N) is 2. The van der Waals surface area contributed by atoms with Gasteiger partial charge in [0.2, 0.25) is 5.91 Å². The van der Waals surface area contributed by atoms with Crippen molar-refractivity contribution in [2.75, 3.05) is 11.9 Å². The van der Waals surface area contributed by atoms with Crippen molar-refractivity contribution in [2.24, 2.45) is 0 Å². The second-order valence-corrected chi connectivity index (χ2v) is 5.79. The van der Waals surface area contributed by atoms with Crippen LogP contribution < -0.4 is 10.6 Å². The van der Waals surface area contributed by atoms with Crippen molar-refractivity contribution in [3.8, 4) is 0 Å². The van der Waals surface area contributed by atoms with Gasteiger partial charge < -0.3 is 10.6 Å². The molecule has 1 heterocycles. The van der Waals surface area contributed by atoms with Crippen molar-refractivity contribution >= 4 is 52.3 Å². The van der Waals surface area contributed by atoms with Crippen LogP contribution in [0.25, 0.3) is 0 Å². The summed E-state index contributed by atoms with van der Waals surface area (Å²) in [6.07, 6.45) is 0.756. The largest absolute Gasteiger partial charge is 0.347 e. The summed E-state index contributed by atoms with van der Waals surface area (Å²) in [6, 6.07) is 2.55. The van der Waals surface area contributed by atoms with Crippen LogP contribution in [0.5, 0.6) is 0 Å².